The van der Waals surface area contributed by atoms with Crippen LogP contribution in [-0.4, -0.2) is 40.3 Å². The molecule has 0 spiro atoms. The van der Waals surface area contributed by atoms with Gasteiger partial charge in [0, 0.05) is 33.5 Å². The van der Waals surface area contributed by atoms with E-state index in [-0.39, 0.29) is 30.7 Å². The molecule has 1 heterocycles. The zero-order valence-corrected chi connectivity index (χ0v) is 16.6. The highest BCUT2D eigenvalue weighted by atomic mass is 19.1. The summed E-state index contributed by atoms with van der Waals surface area (Å²) in [4.78, 5) is 16.6. The number of benzene rings is 2. The fourth-order valence-corrected chi connectivity index (χ4v) is 3.99. The second-order valence-corrected chi connectivity index (χ2v) is 8.26. The van der Waals surface area contributed by atoms with Crippen molar-refractivity contribution in [3.8, 4) is 5.75 Å². The largest absolute Gasteiger partial charge is 0.493 e. The summed E-state index contributed by atoms with van der Waals surface area (Å²) in [6.07, 6.45) is -0.847. The summed E-state index contributed by atoms with van der Waals surface area (Å²) in [5.74, 6) is -0.159. The number of aromatic nitrogens is 1. The molecule has 0 fully saturated rings. The number of hydrogen-bond donors (Lipinski definition) is 3. The molecule has 2 atom stereocenters. The minimum atomic E-state index is -0.847. The van der Waals surface area contributed by atoms with Gasteiger partial charge in [0.2, 0.25) is 0 Å². The summed E-state index contributed by atoms with van der Waals surface area (Å²) in [6.45, 7) is 5.75. The van der Waals surface area contributed by atoms with Crippen molar-refractivity contribution in [2.45, 2.75) is 32.3 Å². The average molecular weight is 397 g/mol. The first-order chi connectivity index (χ1) is 13.7. The molecule has 0 aliphatic heterocycles. The van der Waals surface area contributed by atoms with E-state index in [1.54, 1.807) is 25.1 Å². The summed E-state index contributed by atoms with van der Waals surface area (Å²) < 4.78 is 19.6. The third-order valence-corrected chi connectivity index (χ3v) is 5.88. The van der Waals surface area contributed by atoms with Crippen molar-refractivity contribution in [1.82, 2.24) is 4.98 Å². The number of ketones is 1. The van der Waals surface area contributed by atoms with Crippen LogP contribution in [0.1, 0.15) is 48.0 Å². The molecule has 29 heavy (non-hydrogen) atoms. The molecule has 3 N–H and O–H groups in total. The monoisotopic (exact) mass is 397 g/mol. The lowest BCUT2D eigenvalue weighted by Gasteiger charge is -2.32. The molecule has 2 unspecified atom stereocenters. The van der Waals surface area contributed by atoms with E-state index in [0.29, 0.717) is 22.3 Å². The van der Waals surface area contributed by atoms with Gasteiger partial charge in [0.05, 0.1) is 24.9 Å². The SMILES string of the molecule is CC(COc1ccc2c(c1)C(C)(C)c1[nH]c3ccc(F)cc3c1C2=O)C(O)CO. The minimum absolute atomic E-state index is 0.137. The highest BCUT2D eigenvalue weighted by molar-refractivity contribution is 6.20. The lowest BCUT2D eigenvalue weighted by Crippen LogP contribution is -2.30. The first kappa shape index (κ1) is 19.6. The Bertz CT molecular complexity index is 1100. The van der Waals surface area contributed by atoms with Crippen molar-refractivity contribution in [2.75, 3.05) is 13.2 Å². The van der Waals surface area contributed by atoms with Crippen LogP contribution >= 0.6 is 0 Å². The number of fused-ring (bicyclic) bond motifs is 4. The number of rotatable bonds is 5. The molecule has 0 saturated carbocycles. The van der Waals surface area contributed by atoms with E-state index in [0.717, 1.165) is 16.8 Å². The number of aromatic amines is 1. The molecule has 0 bridgehead atoms. The van der Waals surface area contributed by atoms with Gasteiger partial charge in [0.1, 0.15) is 11.6 Å². The summed E-state index contributed by atoms with van der Waals surface area (Å²) in [5, 5.41) is 19.4. The van der Waals surface area contributed by atoms with Crippen molar-refractivity contribution < 1.29 is 24.1 Å². The van der Waals surface area contributed by atoms with Crippen molar-refractivity contribution in [3.05, 3.63) is 64.6 Å². The number of nitrogens with one attached hydrogen (secondary N) is 1. The number of H-pyrrole nitrogens is 1. The maximum Gasteiger partial charge on any atom is 0.195 e. The number of halogens is 1. The van der Waals surface area contributed by atoms with Crippen molar-refractivity contribution in [1.29, 1.82) is 0 Å². The van der Waals surface area contributed by atoms with E-state index in [1.807, 2.05) is 19.9 Å². The number of carbonyl (C=O) groups excluding carboxylic acids is 1. The Morgan fingerprint density at radius 3 is 2.69 bits per heavy atom. The Balaban J connectivity index is 1.74. The normalized spacial score (nSPS) is 17.0. The van der Waals surface area contributed by atoms with E-state index >= 15 is 0 Å². The number of aliphatic hydroxyl groups is 2. The summed E-state index contributed by atoms with van der Waals surface area (Å²) in [6, 6.07) is 9.74. The van der Waals surface area contributed by atoms with Crippen LogP contribution < -0.4 is 4.74 Å². The Kier molecular flexibility index (Phi) is 4.71. The second-order valence-electron chi connectivity index (χ2n) is 8.26. The number of ether oxygens (including phenoxy) is 1. The van der Waals surface area contributed by atoms with Gasteiger partial charge in [-0.15, -0.1) is 0 Å². The molecule has 6 heteroatoms. The molecule has 0 saturated heterocycles. The van der Waals surface area contributed by atoms with E-state index in [9.17, 15) is 14.3 Å². The summed E-state index contributed by atoms with van der Waals surface area (Å²) in [7, 11) is 0. The Hall–Kier alpha value is -2.70. The predicted molar refractivity (Wildman–Crippen MR) is 108 cm³/mol. The number of hydrogen-bond acceptors (Lipinski definition) is 4. The predicted octanol–water partition coefficient (Wildman–Crippen LogP) is 3.55. The van der Waals surface area contributed by atoms with Gasteiger partial charge in [-0.25, -0.2) is 4.39 Å². The van der Waals surface area contributed by atoms with E-state index < -0.39 is 11.5 Å². The van der Waals surface area contributed by atoms with Crippen molar-refractivity contribution >= 4 is 16.7 Å². The van der Waals surface area contributed by atoms with Crippen LogP contribution in [0, 0.1) is 11.7 Å². The molecule has 152 valence electrons. The van der Waals surface area contributed by atoms with E-state index in [1.165, 1.54) is 12.1 Å². The maximum absolute atomic E-state index is 13.8. The molecule has 1 aliphatic carbocycles. The Labute approximate surface area is 168 Å². The fraction of sp³-hybridized carbons (Fsp3) is 0.348. The van der Waals surface area contributed by atoms with E-state index in [2.05, 4.69) is 4.98 Å². The van der Waals surface area contributed by atoms with Gasteiger partial charge >= 0.3 is 0 Å². The zero-order valence-electron chi connectivity index (χ0n) is 16.6. The van der Waals surface area contributed by atoms with Crippen LogP contribution in [0.2, 0.25) is 0 Å². The van der Waals surface area contributed by atoms with Gasteiger partial charge < -0.3 is 19.9 Å². The molecule has 3 aromatic rings. The topological polar surface area (TPSA) is 82.6 Å². The molecular formula is C23H24FNO4. The van der Waals surface area contributed by atoms with Gasteiger partial charge in [-0.3, -0.25) is 4.79 Å². The molecular weight excluding hydrogens is 373 g/mol. The minimum Gasteiger partial charge on any atom is -0.493 e. The summed E-state index contributed by atoms with van der Waals surface area (Å²) >= 11 is 0. The molecule has 4 rings (SSSR count). The fourth-order valence-electron chi connectivity index (χ4n) is 3.99. The van der Waals surface area contributed by atoms with Gasteiger partial charge in [-0.1, -0.05) is 20.8 Å². The van der Waals surface area contributed by atoms with E-state index in [4.69, 9.17) is 9.84 Å². The van der Waals surface area contributed by atoms with Crippen LogP contribution in [0.25, 0.3) is 10.9 Å². The van der Waals surface area contributed by atoms with Crippen LogP contribution in [0.5, 0.6) is 5.75 Å². The van der Waals surface area contributed by atoms with Crippen LogP contribution in [0.15, 0.2) is 36.4 Å². The Morgan fingerprint density at radius 1 is 1.21 bits per heavy atom. The highest BCUT2D eigenvalue weighted by Gasteiger charge is 2.40. The second kappa shape index (κ2) is 6.97. The van der Waals surface area contributed by atoms with Gasteiger partial charge in [0.15, 0.2) is 5.78 Å². The lowest BCUT2D eigenvalue weighted by molar-refractivity contribution is 0.0348. The first-order valence-corrected chi connectivity index (χ1v) is 9.66. The lowest BCUT2D eigenvalue weighted by atomic mass is 9.71. The van der Waals surface area contributed by atoms with Crippen LogP contribution in [-0.2, 0) is 5.41 Å². The van der Waals surface area contributed by atoms with Crippen molar-refractivity contribution in [3.63, 3.8) is 0 Å². The smallest absolute Gasteiger partial charge is 0.195 e. The molecule has 1 aliphatic rings. The molecule has 2 aromatic carbocycles. The molecule has 0 amide bonds. The van der Waals surface area contributed by atoms with Gasteiger partial charge in [-0.2, -0.15) is 0 Å². The Morgan fingerprint density at radius 2 is 1.97 bits per heavy atom. The van der Waals surface area contributed by atoms with Crippen LogP contribution in [0.4, 0.5) is 4.39 Å². The molecule has 1 aromatic heterocycles. The maximum atomic E-state index is 13.8. The quantitative estimate of drug-likeness (QED) is 0.615. The summed E-state index contributed by atoms with van der Waals surface area (Å²) in [5.41, 5.74) is 2.90. The van der Waals surface area contributed by atoms with Gasteiger partial charge in [-0.05, 0) is 42.0 Å². The molecule has 5 nitrogen and oxygen atoms in total. The van der Waals surface area contributed by atoms with Crippen molar-refractivity contribution in [2.24, 2.45) is 5.92 Å². The third-order valence-electron chi connectivity index (χ3n) is 5.88. The zero-order chi connectivity index (χ0) is 20.9. The number of aliphatic hydroxyl groups excluding tert-OH is 2. The highest BCUT2D eigenvalue weighted by Crippen LogP contribution is 2.44. The third kappa shape index (κ3) is 3.12. The average Bonchev–Trinajstić information content (AvgIpc) is 3.09. The molecule has 0 radical (unpaired) electrons. The first-order valence-electron chi connectivity index (χ1n) is 9.66. The van der Waals surface area contributed by atoms with Crippen LogP contribution in [0.3, 0.4) is 0 Å². The van der Waals surface area contributed by atoms with Gasteiger partial charge in [0.25, 0.3) is 0 Å². The standard InChI is InChI=1S/C23H24FNO4/c1-12(19(27)10-26)11-29-14-5-6-15-17(9-14)23(2,3)22-20(21(15)28)16-8-13(24)4-7-18(16)25-22/h4-9,12,19,25-27H,10-11H2,1-3H3. The number of carbonyl (C=O) groups is 1.